The highest BCUT2D eigenvalue weighted by atomic mass is 32.1. The maximum Gasteiger partial charge on any atom is 0.238 e. The van der Waals surface area contributed by atoms with Crippen molar-refractivity contribution in [1.29, 1.82) is 0 Å². The average Bonchev–Trinajstić information content (AvgIpc) is 2.71. The monoisotopic (exact) mass is 280 g/mol. The minimum absolute atomic E-state index is 0.111. The molecular weight excluding hydrogens is 260 g/mol. The molecule has 1 aromatic heterocycles. The van der Waals surface area contributed by atoms with E-state index in [0.29, 0.717) is 16.7 Å². The van der Waals surface area contributed by atoms with Crippen LogP contribution in [0, 0.1) is 11.3 Å². The summed E-state index contributed by atoms with van der Waals surface area (Å²) in [6.45, 7) is 6.12. The topological polar surface area (TPSA) is 72.9 Å². The van der Waals surface area contributed by atoms with Crippen LogP contribution in [0.15, 0.2) is 12.3 Å². The van der Waals surface area contributed by atoms with E-state index >= 15 is 0 Å². The molecule has 5 nitrogen and oxygen atoms in total. The van der Waals surface area contributed by atoms with Crippen LogP contribution in [-0.4, -0.2) is 20.7 Å². The number of nitrogens with two attached hydrogens (primary N) is 1. The molecule has 1 aliphatic carbocycles. The summed E-state index contributed by atoms with van der Waals surface area (Å²) in [5.74, 6) is 1.07. The van der Waals surface area contributed by atoms with Crippen LogP contribution < -0.4 is 11.1 Å². The fourth-order valence-electron chi connectivity index (χ4n) is 2.69. The first-order valence-electron chi connectivity index (χ1n) is 6.51. The Morgan fingerprint density at radius 2 is 2.26 bits per heavy atom. The molecule has 1 fully saturated rings. The van der Waals surface area contributed by atoms with E-state index in [0.717, 1.165) is 12.8 Å². The number of hydrogen-bond donors (Lipinski definition) is 2. The van der Waals surface area contributed by atoms with Crippen molar-refractivity contribution in [2.45, 2.75) is 39.7 Å². The minimum Gasteiger partial charge on any atom is -0.392 e. The van der Waals surface area contributed by atoms with E-state index in [1.807, 2.05) is 13.8 Å². The fourth-order valence-corrected chi connectivity index (χ4v) is 2.95. The zero-order chi connectivity index (χ0) is 14.2. The Balaban J connectivity index is 2.17. The van der Waals surface area contributed by atoms with Crippen LogP contribution in [0.1, 0.15) is 39.7 Å². The number of amides is 1. The van der Waals surface area contributed by atoms with Gasteiger partial charge in [-0.25, -0.2) is 4.68 Å². The van der Waals surface area contributed by atoms with E-state index in [1.165, 1.54) is 0 Å². The SMILES string of the molecule is CC1CC(C(=O)Nc2ccnn2C(C)C)(C(N)=S)C1. The molecule has 0 aromatic carbocycles. The third-order valence-electron chi connectivity index (χ3n) is 3.70. The molecule has 1 amide bonds. The normalized spacial score (nSPS) is 26.0. The molecule has 1 aliphatic rings. The Hall–Kier alpha value is -1.43. The minimum atomic E-state index is -0.680. The van der Waals surface area contributed by atoms with Gasteiger partial charge in [-0.05, 0) is 32.6 Å². The summed E-state index contributed by atoms with van der Waals surface area (Å²) in [6.07, 6.45) is 3.13. The van der Waals surface area contributed by atoms with Crippen molar-refractivity contribution >= 4 is 28.9 Å². The summed E-state index contributed by atoms with van der Waals surface area (Å²) < 4.78 is 1.77. The van der Waals surface area contributed by atoms with Crippen LogP contribution in [0.5, 0.6) is 0 Å². The number of nitrogens with one attached hydrogen (secondary N) is 1. The van der Waals surface area contributed by atoms with Gasteiger partial charge in [-0.3, -0.25) is 4.79 Å². The molecular formula is C13H20N4OS. The standard InChI is InChI=1S/C13H20N4OS/c1-8(2)17-10(4-5-15-17)16-12(18)13(11(14)19)6-9(3)7-13/h4-5,8-9H,6-7H2,1-3H3,(H2,14,19)(H,16,18). The summed E-state index contributed by atoms with van der Waals surface area (Å²) in [7, 11) is 0. The molecule has 0 aliphatic heterocycles. The molecule has 0 spiro atoms. The van der Waals surface area contributed by atoms with Crippen molar-refractivity contribution in [2.24, 2.45) is 17.1 Å². The van der Waals surface area contributed by atoms with Gasteiger partial charge in [-0.2, -0.15) is 5.10 Å². The summed E-state index contributed by atoms with van der Waals surface area (Å²) >= 11 is 5.08. The van der Waals surface area contributed by atoms with E-state index in [1.54, 1.807) is 16.9 Å². The number of hydrogen-bond acceptors (Lipinski definition) is 3. The molecule has 6 heteroatoms. The average molecular weight is 280 g/mol. The molecule has 2 rings (SSSR count). The van der Waals surface area contributed by atoms with Crippen molar-refractivity contribution in [3.8, 4) is 0 Å². The summed E-state index contributed by atoms with van der Waals surface area (Å²) in [6, 6.07) is 1.97. The molecule has 3 N–H and O–H groups in total. The first-order chi connectivity index (χ1) is 8.86. The summed E-state index contributed by atoms with van der Waals surface area (Å²) in [5.41, 5.74) is 5.09. The smallest absolute Gasteiger partial charge is 0.238 e. The van der Waals surface area contributed by atoms with E-state index in [-0.39, 0.29) is 11.9 Å². The summed E-state index contributed by atoms with van der Waals surface area (Å²) in [4.78, 5) is 12.7. The van der Waals surface area contributed by atoms with E-state index in [9.17, 15) is 4.79 Å². The van der Waals surface area contributed by atoms with Gasteiger partial charge in [0.25, 0.3) is 0 Å². The predicted octanol–water partition coefficient (Wildman–Crippen LogP) is 2.10. The van der Waals surface area contributed by atoms with Crippen LogP contribution in [-0.2, 0) is 4.79 Å². The molecule has 0 atom stereocenters. The number of rotatable bonds is 4. The summed E-state index contributed by atoms with van der Waals surface area (Å²) in [5, 5.41) is 7.10. The molecule has 104 valence electrons. The molecule has 0 bridgehead atoms. The number of carbonyl (C=O) groups excluding carboxylic acids is 1. The van der Waals surface area contributed by atoms with E-state index < -0.39 is 5.41 Å². The van der Waals surface area contributed by atoms with Crippen LogP contribution in [0.25, 0.3) is 0 Å². The van der Waals surface area contributed by atoms with Gasteiger partial charge in [0, 0.05) is 12.1 Å². The van der Waals surface area contributed by atoms with Crippen molar-refractivity contribution in [3.05, 3.63) is 12.3 Å². The van der Waals surface area contributed by atoms with Gasteiger partial charge >= 0.3 is 0 Å². The lowest BCUT2D eigenvalue weighted by Gasteiger charge is -2.44. The van der Waals surface area contributed by atoms with Crippen molar-refractivity contribution in [3.63, 3.8) is 0 Å². The zero-order valence-electron chi connectivity index (χ0n) is 11.5. The van der Waals surface area contributed by atoms with E-state index in [4.69, 9.17) is 18.0 Å². The Morgan fingerprint density at radius 3 is 2.74 bits per heavy atom. The quantitative estimate of drug-likeness (QED) is 0.828. The first kappa shape index (κ1) is 14.0. The number of thiocarbonyl (C=S) groups is 1. The maximum absolute atomic E-state index is 12.5. The Kier molecular flexibility index (Phi) is 3.62. The zero-order valence-corrected chi connectivity index (χ0v) is 12.3. The molecule has 0 radical (unpaired) electrons. The Morgan fingerprint density at radius 1 is 1.63 bits per heavy atom. The number of nitrogens with zero attached hydrogens (tertiary/aromatic N) is 2. The lowest BCUT2D eigenvalue weighted by atomic mass is 9.62. The van der Waals surface area contributed by atoms with Gasteiger partial charge in [0.2, 0.25) is 5.91 Å². The second-order valence-electron chi connectivity index (χ2n) is 5.67. The second-order valence-corrected chi connectivity index (χ2v) is 6.11. The van der Waals surface area contributed by atoms with Crippen LogP contribution >= 0.6 is 12.2 Å². The maximum atomic E-state index is 12.5. The lowest BCUT2D eigenvalue weighted by molar-refractivity contribution is -0.127. The number of carbonyl (C=O) groups is 1. The van der Waals surface area contributed by atoms with Crippen molar-refractivity contribution in [2.75, 3.05) is 5.32 Å². The second kappa shape index (κ2) is 4.92. The van der Waals surface area contributed by atoms with Crippen LogP contribution in [0.2, 0.25) is 0 Å². The first-order valence-corrected chi connectivity index (χ1v) is 6.92. The molecule has 19 heavy (non-hydrogen) atoms. The van der Waals surface area contributed by atoms with Crippen LogP contribution in [0.3, 0.4) is 0 Å². The van der Waals surface area contributed by atoms with Crippen molar-refractivity contribution in [1.82, 2.24) is 9.78 Å². The van der Waals surface area contributed by atoms with Gasteiger partial charge in [0.05, 0.1) is 16.6 Å². The van der Waals surface area contributed by atoms with Crippen LogP contribution in [0.4, 0.5) is 5.82 Å². The predicted molar refractivity (Wildman–Crippen MR) is 78.9 cm³/mol. The third kappa shape index (κ3) is 2.36. The molecule has 1 saturated carbocycles. The highest BCUT2D eigenvalue weighted by Crippen LogP contribution is 2.46. The van der Waals surface area contributed by atoms with Gasteiger partial charge in [-0.15, -0.1) is 0 Å². The molecule has 0 saturated heterocycles. The number of anilines is 1. The van der Waals surface area contributed by atoms with E-state index in [2.05, 4.69) is 17.3 Å². The highest BCUT2D eigenvalue weighted by Gasteiger charge is 2.51. The highest BCUT2D eigenvalue weighted by molar-refractivity contribution is 7.80. The lowest BCUT2D eigenvalue weighted by Crippen LogP contribution is -2.54. The molecule has 1 aromatic rings. The Bertz CT molecular complexity index is 502. The molecule has 0 unspecified atom stereocenters. The van der Waals surface area contributed by atoms with Gasteiger partial charge < -0.3 is 11.1 Å². The third-order valence-corrected chi connectivity index (χ3v) is 4.09. The fraction of sp³-hybridized carbons (Fsp3) is 0.615. The molecule has 1 heterocycles. The van der Waals surface area contributed by atoms with Gasteiger partial charge in [0.15, 0.2) is 0 Å². The van der Waals surface area contributed by atoms with Crippen molar-refractivity contribution < 1.29 is 4.79 Å². The van der Waals surface area contributed by atoms with Gasteiger partial charge in [0.1, 0.15) is 5.82 Å². The van der Waals surface area contributed by atoms with Gasteiger partial charge in [-0.1, -0.05) is 19.1 Å². The Labute approximate surface area is 118 Å². The number of aromatic nitrogens is 2. The largest absolute Gasteiger partial charge is 0.392 e.